The van der Waals surface area contributed by atoms with Gasteiger partial charge in [-0.3, -0.25) is 4.79 Å². The predicted octanol–water partition coefficient (Wildman–Crippen LogP) is 7.27. The van der Waals surface area contributed by atoms with Gasteiger partial charge >= 0.3 is 0 Å². The van der Waals surface area contributed by atoms with E-state index in [1.807, 2.05) is 81.4 Å². The fraction of sp³-hybridized carbons (Fsp3) is 0.161. The van der Waals surface area contributed by atoms with Crippen molar-refractivity contribution in [2.75, 3.05) is 11.9 Å². The van der Waals surface area contributed by atoms with Crippen LogP contribution in [-0.4, -0.2) is 17.1 Å². The van der Waals surface area contributed by atoms with Gasteiger partial charge < -0.3 is 19.4 Å². The SMILES string of the molecule is CCOc1ccc(NC(=O)/C(C#N)=C\c2cc(C)n(-c3ccc(OCc4ccc(Cl)cc4)cc3)c2C)cc1. The summed E-state index contributed by atoms with van der Waals surface area (Å²) in [6.45, 7) is 6.87. The number of ether oxygens (including phenoxy) is 2. The van der Waals surface area contributed by atoms with Crippen LogP contribution in [0.2, 0.25) is 5.02 Å². The fourth-order valence-corrected chi connectivity index (χ4v) is 4.20. The number of nitrogens with one attached hydrogen (secondary N) is 1. The first-order valence-electron chi connectivity index (χ1n) is 12.2. The molecule has 0 aliphatic heterocycles. The number of aromatic nitrogens is 1. The van der Waals surface area contributed by atoms with Crippen molar-refractivity contribution in [1.29, 1.82) is 5.26 Å². The number of carbonyl (C=O) groups is 1. The minimum absolute atomic E-state index is 0.0186. The summed E-state index contributed by atoms with van der Waals surface area (Å²) in [5.41, 5.74) is 5.28. The molecule has 0 aliphatic rings. The summed E-state index contributed by atoms with van der Waals surface area (Å²) in [4.78, 5) is 12.8. The summed E-state index contributed by atoms with van der Waals surface area (Å²) in [7, 11) is 0. The van der Waals surface area contributed by atoms with Crippen LogP contribution < -0.4 is 14.8 Å². The largest absolute Gasteiger partial charge is 0.494 e. The van der Waals surface area contributed by atoms with E-state index >= 15 is 0 Å². The van der Waals surface area contributed by atoms with Gasteiger partial charge in [0.05, 0.1) is 6.61 Å². The third-order valence-corrected chi connectivity index (χ3v) is 6.22. The monoisotopic (exact) mass is 525 g/mol. The van der Waals surface area contributed by atoms with Crippen LogP contribution in [0.15, 0.2) is 84.4 Å². The van der Waals surface area contributed by atoms with Gasteiger partial charge in [0.15, 0.2) is 0 Å². The van der Waals surface area contributed by atoms with Crippen molar-refractivity contribution in [1.82, 2.24) is 4.57 Å². The highest BCUT2D eigenvalue weighted by Crippen LogP contribution is 2.25. The first-order chi connectivity index (χ1) is 18.4. The molecule has 0 spiro atoms. The Morgan fingerprint density at radius 1 is 0.974 bits per heavy atom. The molecule has 0 saturated carbocycles. The zero-order chi connectivity index (χ0) is 27.1. The number of hydrogen-bond donors (Lipinski definition) is 1. The van der Waals surface area contributed by atoms with Crippen molar-refractivity contribution < 1.29 is 14.3 Å². The first kappa shape index (κ1) is 26.6. The highest BCUT2D eigenvalue weighted by molar-refractivity contribution is 6.30. The standard InChI is InChI=1S/C31H28ClN3O3/c1-4-37-29-13-9-27(10-14-29)34-31(36)25(19-33)18-24-17-21(2)35(22(24)3)28-11-15-30(16-12-28)38-20-23-5-7-26(32)8-6-23/h5-18H,4,20H2,1-3H3,(H,34,36)/b25-18-. The normalized spacial score (nSPS) is 11.1. The molecule has 38 heavy (non-hydrogen) atoms. The zero-order valence-electron chi connectivity index (χ0n) is 21.5. The molecule has 1 amide bonds. The van der Waals surface area contributed by atoms with Gasteiger partial charge in [-0.2, -0.15) is 5.26 Å². The number of amides is 1. The van der Waals surface area contributed by atoms with Crippen molar-refractivity contribution in [3.8, 4) is 23.3 Å². The lowest BCUT2D eigenvalue weighted by Gasteiger charge is -2.12. The highest BCUT2D eigenvalue weighted by Gasteiger charge is 2.14. The molecule has 0 saturated heterocycles. The van der Waals surface area contributed by atoms with Gasteiger partial charge in [0, 0.05) is 27.8 Å². The second-order valence-electron chi connectivity index (χ2n) is 8.65. The zero-order valence-corrected chi connectivity index (χ0v) is 22.3. The lowest BCUT2D eigenvalue weighted by molar-refractivity contribution is -0.112. The minimum Gasteiger partial charge on any atom is -0.494 e. The van der Waals surface area contributed by atoms with Gasteiger partial charge in [-0.1, -0.05) is 23.7 Å². The molecule has 1 aromatic heterocycles. The van der Waals surface area contributed by atoms with Crippen molar-refractivity contribution in [3.05, 3.63) is 112 Å². The quantitative estimate of drug-likeness (QED) is 0.184. The number of nitrogens with zero attached hydrogens (tertiary/aromatic N) is 2. The summed E-state index contributed by atoms with van der Waals surface area (Å²) in [6.07, 6.45) is 1.62. The Labute approximate surface area is 227 Å². The Morgan fingerprint density at radius 2 is 1.61 bits per heavy atom. The van der Waals surface area contributed by atoms with Gasteiger partial charge in [0.1, 0.15) is 29.7 Å². The van der Waals surface area contributed by atoms with Crippen molar-refractivity contribution in [2.24, 2.45) is 0 Å². The van der Waals surface area contributed by atoms with Gasteiger partial charge in [-0.05, 0) is 105 Å². The average Bonchev–Trinajstić information content (AvgIpc) is 3.20. The smallest absolute Gasteiger partial charge is 0.266 e. The molecular weight excluding hydrogens is 498 g/mol. The van der Waals surface area contributed by atoms with E-state index in [1.165, 1.54) is 0 Å². The summed E-state index contributed by atoms with van der Waals surface area (Å²) < 4.78 is 13.4. The average molecular weight is 526 g/mol. The van der Waals surface area contributed by atoms with Gasteiger partial charge in [0.25, 0.3) is 5.91 Å². The fourth-order valence-electron chi connectivity index (χ4n) is 4.07. The van der Waals surface area contributed by atoms with Crippen LogP contribution in [0, 0.1) is 25.2 Å². The molecule has 0 atom stereocenters. The Hall–Kier alpha value is -4.47. The number of nitriles is 1. The molecule has 0 aliphatic carbocycles. The molecule has 0 radical (unpaired) electrons. The first-order valence-corrected chi connectivity index (χ1v) is 12.6. The van der Waals surface area contributed by atoms with E-state index in [-0.39, 0.29) is 5.57 Å². The molecule has 192 valence electrons. The van der Waals surface area contributed by atoms with Gasteiger partial charge in [-0.15, -0.1) is 0 Å². The molecule has 7 heteroatoms. The van der Waals surface area contributed by atoms with E-state index in [0.717, 1.165) is 39.7 Å². The van der Waals surface area contributed by atoms with E-state index < -0.39 is 5.91 Å². The Kier molecular flexibility index (Phi) is 8.52. The molecule has 0 unspecified atom stereocenters. The second kappa shape index (κ2) is 12.2. The Bertz CT molecular complexity index is 1480. The molecule has 3 aromatic carbocycles. The molecule has 0 fully saturated rings. The summed E-state index contributed by atoms with van der Waals surface area (Å²) in [5.74, 6) is 1.00. The number of rotatable bonds is 9. The third kappa shape index (κ3) is 6.44. The second-order valence-corrected chi connectivity index (χ2v) is 9.09. The van der Waals surface area contributed by atoms with Crippen LogP contribution in [0.1, 0.15) is 29.4 Å². The number of aryl methyl sites for hydroxylation is 1. The van der Waals surface area contributed by atoms with Gasteiger partial charge in [0.2, 0.25) is 0 Å². The third-order valence-electron chi connectivity index (χ3n) is 5.97. The lowest BCUT2D eigenvalue weighted by Crippen LogP contribution is -2.13. The van der Waals surface area contributed by atoms with E-state index in [0.29, 0.717) is 23.9 Å². The number of hydrogen-bond acceptors (Lipinski definition) is 4. The molecule has 4 rings (SSSR count). The van der Waals surface area contributed by atoms with Gasteiger partial charge in [-0.25, -0.2) is 0 Å². The van der Waals surface area contributed by atoms with Crippen LogP contribution in [0.4, 0.5) is 5.69 Å². The topological polar surface area (TPSA) is 76.3 Å². The summed E-state index contributed by atoms with van der Waals surface area (Å²) in [6, 6.07) is 26.4. The summed E-state index contributed by atoms with van der Waals surface area (Å²) in [5, 5.41) is 13.2. The highest BCUT2D eigenvalue weighted by atomic mass is 35.5. The number of halogens is 1. The maximum atomic E-state index is 12.8. The predicted molar refractivity (Wildman–Crippen MR) is 151 cm³/mol. The van der Waals surface area contributed by atoms with Crippen LogP contribution in [0.3, 0.4) is 0 Å². The molecule has 0 bridgehead atoms. The van der Waals surface area contributed by atoms with Crippen LogP contribution in [-0.2, 0) is 11.4 Å². The number of carbonyl (C=O) groups excluding carboxylic acids is 1. The van der Waals surface area contributed by atoms with E-state index in [1.54, 1.807) is 30.3 Å². The molecule has 1 N–H and O–H groups in total. The molecule has 6 nitrogen and oxygen atoms in total. The van der Waals surface area contributed by atoms with Crippen molar-refractivity contribution in [3.63, 3.8) is 0 Å². The maximum Gasteiger partial charge on any atom is 0.266 e. The Balaban J connectivity index is 1.48. The Morgan fingerprint density at radius 3 is 2.24 bits per heavy atom. The van der Waals surface area contributed by atoms with E-state index in [2.05, 4.69) is 9.88 Å². The summed E-state index contributed by atoms with van der Waals surface area (Å²) >= 11 is 5.94. The molecular formula is C31H28ClN3O3. The number of benzene rings is 3. The van der Waals surface area contributed by atoms with Crippen molar-refractivity contribution in [2.45, 2.75) is 27.4 Å². The van der Waals surface area contributed by atoms with Crippen molar-refractivity contribution >= 4 is 29.3 Å². The minimum atomic E-state index is -0.469. The van der Waals surface area contributed by atoms with E-state index in [4.69, 9.17) is 21.1 Å². The van der Waals surface area contributed by atoms with Crippen LogP contribution in [0.25, 0.3) is 11.8 Å². The van der Waals surface area contributed by atoms with E-state index in [9.17, 15) is 10.1 Å². The molecule has 4 aromatic rings. The maximum absolute atomic E-state index is 12.8. The number of anilines is 1. The molecule has 1 heterocycles. The lowest BCUT2D eigenvalue weighted by atomic mass is 10.1. The van der Waals surface area contributed by atoms with Crippen LogP contribution in [0.5, 0.6) is 11.5 Å². The van der Waals surface area contributed by atoms with Crippen LogP contribution >= 0.6 is 11.6 Å².